The molecule has 0 unspecified atom stereocenters. The van der Waals surface area contributed by atoms with Crippen LogP contribution in [-0.2, 0) is 0 Å². The van der Waals surface area contributed by atoms with Gasteiger partial charge >= 0.3 is 0 Å². The fourth-order valence-corrected chi connectivity index (χ4v) is 0.910. The number of hydrogen-bond acceptors (Lipinski definition) is 0. The van der Waals surface area contributed by atoms with Gasteiger partial charge in [0.15, 0.2) is 0 Å². The molecule has 0 aliphatic heterocycles. The van der Waals surface area contributed by atoms with Gasteiger partial charge in [0.05, 0.1) is 0 Å². The molecule has 0 aromatic rings. The molecular weight excluding hydrogens is 132 g/mol. The Morgan fingerprint density at radius 1 is 1.36 bits per heavy atom. The SMILES string of the molecule is C/C=C(\C=C/CC(C)C)CC. The van der Waals surface area contributed by atoms with Crippen molar-refractivity contribution in [1.82, 2.24) is 0 Å². The van der Waals surface area contributed by atoms with Crippen LogP contribution >= 0.6 is 0 Å². The van der Waals surface area contributed by atoms with E-state index in [1.54, 1.807) is 0 Å². The molecule has 0 fully saturated rings. The van der Waals surface area contributed by atoms with Gasteiger partial charge in [0.25, 0.3) is 0 Å². The lowest BCUT2D eigenvalue weighted by Crippen LogP contribution is -1.82. The molecule has 0 aliphatic carbocycles. The molecule has 0 radical (unpaired) electrons. The van der Waals surface area contributed by atoms with Crippen molar-refractivity contribution in [2.45, 2.75) is 40.5 Å². The molecule has 11 heavy (non-hydrogen) atoms. The van der Waals surface area contributed by atoms with Crippen molar-refractivity contribution >= 4 is 0 Å². The Balaban J connectivity index is 3.72. The zero-order valence-electron chi connectivity index (χ0n) is 8.22. The lowest BCUT2D eigenvalue weighted by Gasteiger charge is -1.98. The first-order valence-corrected chi connectivity index (χ1v) is 4.52. The molecule has 0 atom stereocenters. The van der Waals surface area contributed by atoms with Crippen LogP contribution in [0.2, 0.25) is 0 Å². The third-order valence-corrected chi connectivity index (χ3v) is 1.72. The van der Waals surface area contributed by atoms with Crippen molar-refractivity contribution in [3.05, 3.63) is 23.8 Å². The van der Waals surface area contributed by atoms with Crippen LogP contribution in [0.1, 0.15) is 40.5 Å². The standard InChI is InChI=1S/C11H20/c1-5-11(6-2)9-7-8-10(3)4/h5,7,9-10H,6,8H2,1-4H3/b9-7-,11-5-. The van der Waals surface area contributed by atoms with Crippen molar-refractivity contribution < 1.29 is 0 Å². The van der Waals surface area contributed by atoms with E-state index in [2.05, 4.69) is 45.9 Å². The van der Waals surface area contributed by atoms with E-state index in [9.17, 15) is 0 Å². The molecule has 0 saturated carbocycles. The first-order valence-electron chi connectivity index (χ1n) is 4.52. The number of allylic oxidation sites excluding steroid dienone is 4. The summed E-state index contributed by atoms with van der Waals surface area (Å²) in [5, 5.41) is 0. The number of hydrogen-bond donors (Lipinski definition) is 0. The highest BCUT2D eigenvalue weighted by Gasteiger charge is 1.88. The summed E-state index contributed by atoms with van der Waals surface area (Å²) in [4.78, 5) is 0. The largest absolute Gasteiger partial charge is 0.0845 e. The molecule has 0 aliphatic rings. The van der Waals surface area contributed by atoms with Crippen molar-refractivity contribution in [2.75, 3.05) is 0 Å². The van der Waals surface area contributed by atoms with Crippen LogP contribution in [0.3, 0.4) is 0 Å². The third kappa shape index (κ3) is 5.90. The Bertz CT molecular complexity index is 138. The molecule has 0 aromatic heterocycles. The van der Waals surface area contributed by atoms with Gasteiger partial charge < -0.3 is 0 Å². The van der Waals surface area contributed by atoms with Gasteiger partial charge in [-0.05, 0) is 25.7 Å². The summed E-state index contributed by atoms with van der Waals surface area (Å²) in [6.07, 6.45) is 9.02. The Hall–Kier alpha value is -0.520. The summed E-state index contributed by atoms with van der Waals surface area (Å²) in [5.74, 6) is 0.779. The van der Waals surface area contributed by atoms with E-state index >= 15 is 0 Å². The molecule has 0 N–H and O–H groups in total. The maximum Gasteiger partial charge on any atom is -0.0311 e. The molecule has 64 valence electrons. The van der Waals surface area contributed by atoms with Gasteiger partial charge in [-0.25, -0.2) is 0 Å². The van der Waals surface area contributed by atoms with Gasteiger partial charge in [-0.1, -0.05) is 44.6 Å². The van der Waals surface area contributed by atoms with Crippen molar-refractivity contribution in [3.63, 3.8) is 0 Å². The van der Waals surface area contributed by atoms with E-state index in [0.717, 1.165) is 12.3 Å². The van der Waals surface area contributed by atoms with Gasteiger partial charge in [0, 0.05) is 0 Å². The summed E-state index contributed by atoms with van der Waals surface area (Å²) < 4.78 is 0. The van der Waals surface area contributed by atoms with Gasteiger partial charge in [-0.2, -0.15) is 0 Å². The van der Waals surface area contributed by atoms with E-state index in [0.29, 0.717) is 0 Å². The van der Waals surface area contributed by atoms with Gasteiger partial charge in [-0.15, -0.1) is 0 Å². The topological polar surface area (TPSA) is 0 Å². The molecule has 0 nitrogen and oxygen atoms in total. The van der Waals surface area contributed by atoms with E-state index in [1.165, 1.54) is 12.0 Å². The highest BCUT2D eigenvalue weighted by Crippen LogP contribution is 2.05. The van der Waals surface area contributed by atoms with Gasteiger partial charge in [0.2, 0.25) is 0 Å². The fourth-order valence-electron chi connectivity index (χ4n) is 0.910. The predicted molar refractivity (Wildman–Crippen MR) is 52.6 cm³/mol. The second-order valence-electron chi connectivity index (χ2n) is 3.25. The Morgan fingerprint density at radius 3 is 2.36 bits per heavy atom. The minimum Gasteiger partial charge on any atom is -0.0845 e. The van der Waals surface area contributed by atoms with E-state index < -0.39 is 0 Å². The van der Waals surface area contributed by atoms with Crippen molar-refractivity contribution in [2.24, 2.45) is 5.92 Å². The highest BCUT2D eigenvalue weighted by molar-refractivity contribution is 5.16. The lowest BCUT2D eigenvalue weighted by atomic mass is 10.1. The quantitative estimate of drug-likeness (QED) is 0.535. The van der Waals surface area contributed by atoms with Gasteiger partial charge in [0.1, 0.15) is 0 Å². The lowest BCUT2D eigenvalue weighted by molar-refractivity contribution is 0.663. The average Bonchev–Trinajstić information content (AvgIpc) is 1.98. The van der Waals surface area contributed by atoms with Crippen LogP contribution < -0.4 is 0 Å². The normalized spacial score (nSPS) is 13.4. The van der Waals surface area contributed by atoms with Crippen LogP contribution in [0.25, 0.3) is 0 Å². The third-order valence-electron chi connectivity index (χ3n) is 1.72. The van der Waals surface area contributed by atoms with Crippen LogP contribution in [0, 0.1) is 5.92 Å². The van der Waals surface area contributed by atoms with E-state index in [1.807, 2.05) is 0 Å². The molecule has 0 aromatic carbocycles. The zero-order chi connectivity index (χ0) is 8.69. The van der Waals surface area contributed by atoms with E-state index in [-0.39, 0.29) is 0 Å². The van der Waals surface area contributed by atoms with Crippen LogP contribution in [0.15, 0.2) is 23.8 Å². The van der Waals surface area contributed by atoms with Crippen LogP contribution in [0.5, 0.6) is 0 Å². The smallest absolute Gasteiger partial charge is 0.0311 e. The minimum atomic E-state index is 0.779. The molecule has 0 bridgehead atoms. The molecule has 0 spiro atoms. The molecule has 0 saturated heterocycles. The first kappa shape index (κ1) is 10.5. The second kappa shape index (κ2) is 6.21. The Morgan fingerprint density at radius 2 is 2.00 bits per heavy atom. The molecular formula is C11H20. The van der Waals surface area contributed by atoms with E-state index in [4.69, 9.17) is 0 Å². The average molecular weight is 152 g/mol. The Kier molecular flexibility index (Phi) is 5.91. The molecule has 0 heterocycles. The molecule has 0 heteroatoms. The van der Waals surface area contributed by atoms with Crippen molar-refractivity contribution in [3.8, 4) is 0 Å². The summed E-state index contributed by atoms with van der Waals surface area (Å²) >= 11 is 0. The maximum absolute atomic E-state index is 2.27. The minimum absolute atomic E-state index is 0.779. The summed E-state index contributed by atoms with van der Waals surface area (Å²) in [6, 6.07) is 0. The highest BCUT2D eigenvalue weighted by atomic mass is 13.9. The monoisotopic (exact) mass is 152 g/mol. The molecule has 0 rings (SSSR count). The second-order valence-corrected chi connectivity index (χ2v) is 3.25. The summed E-state index contributed by atoms with van der Waals surface area (Å²) in [7, 11) is 0. The first-order chi connectivity index (χ1) is 5.20. The number of rotatable bonds is 4. The predicted octanol–water partition coefficient (Wildman–Crippen LogP) is 3.95. The summed E-state index contributed by atoms with van der Waals surface area (Å²) in [6.45, 7) is 8.77. The van der Waals surface area contributed by atoms with Crippen molar-refractivity contribution in [1.29, 1.82) is 0 Å². The maximum atomic E-state index is 2.27. The van der Waals surface area contributed by atoms with Crippen LogP contribution in [-0.4, -0.2) is 0 Å². The fraction of sp³-hybridized carbons (Fsp3) is 0.636. The van der Waals surface area contributed by atoms with Crippen LogP contribution in [0.4, 0.5) is 0 Å². The Labute approximate surface area is 71.0 Å². The summed E-state index contributed by atoms with van der Waals surface area (Å²) in [5.41, 5.74) is 1.44. The zero-order valence-corrected chi connectivity index (χ0v) is 8.22. The van der Waals surface area contributed by atoms with Gasteiger partial charge in [-0.3, -0.25) is 0 Å². The molecule has 0 amide bonds.